The van der Waals surface area contributed by atoms with Gasteiger partial charge in [0, 0.05) is 0 Å². The molecule has 0 bridgehead atoms. The van der Waals surface area contributed by atoms with Crippen molar-refractivity contribution in [3.63, 3.8) is 0 Å². The van der Waals surface area contributed by atoms with Crippen molar-refractivity contribution in [2.24, 2.45) is 0 Å². The van der Waals surface area contributed by atoms with Crippen LogP contribution in [0.2, 0.25) is 0 Å². The fraction of sp³-hybridized carbons (Fsp3) is 0.333. The van der Waals surface area contributed by atoms with E-state index in [1.807, 2.05) is 45.9 Å². The summed E-state index contributed by atoms with van der Waals surface area (Å²) in [5.41, 5.74) is 8.41. The van der Waals surface area contributed by atoms with E-state index in [9.17, 15) is 0 Å². The van der Waals surface area contributed by atoms with E-state index in [1.165, 1.54) is 33.4 Å². The Kier molecular flexibility index (Phi) is 17.5. The summed E-state index contributed by atoms with van der Waals surface area (Å²) in [6, 6.07) is 38.3. The number of rotatable bonds is 2. The molecule has 0 unspecified atom stereocenters. The minimum absolute atomic E-state index is 0.285. The maximum Gasteiger partial charge on any atom is -0.00258 e. The van der Waals surface area contributed by atoms with Gasteiger partial charge in [-0.1, -0.05) is 174 Å². The topological polar surface area (TPSA) is 0 Å². The molecule has 0 amide bonds. The molecule has 194 valence electrons. The van der Waals surface area contributed by atoms with Gasteiger partial charge in [0.15, 0.2) is 0 Å². The third-order valence-corrected chi connectivity index (χ3v) is 5.23. The number of hydrogen-bond acceptors (Lipinski definition) is 0. The van der Waals surface area contributed by atoms with Crippen LogP contribution in [-0.4, -0.2) is 0 Å². The fourth-order valence-electron chi connectivity index (χ4n) is 3.13. The molecule has 0 aliphatic carbocycles. The van der Waals surface area contributed by atoms with E-state index < -0.39 is 0 Å². The quantitative estimate of drug-likeness (QED) is 0.266. The van der Waals surface area contributed by atoms with E-state index in [4.69, 9.17) is 0 Å². The lowest BCUT2D eigenvalue weighted by Crippen LogP contribution is -2.10. The van der Waals surface area contributed by atoms with E-state index >= 15 is 0 Å². The van der Waals surface area contributed by atoms with Crippen molar-refractivity contribution in [1.82, 2.24) is 0 Å². The highest BCUT2D eigenvalue weighted by Gasteiger charge is 2.11. The molecule has 0 aliphatic rings. The molecule has 0 fully saturated rings. The summed E-state index contributed by atoms with van der Waals surface area (Å²) in [6.07, 6.45) is 1.03. The Balaban J connectivity index is 0.000000498. The largest absolute Gasteiger partial charge is 0.0683 e. The Morgan fingerprint density at radius 1 is 0.417 bits per heavy atom. The van der Waals surface area contributed by atoms with Crippen LogP contribution in [0, 0.1) is 20.8 Å². The monoisotopic (exact) mass is 482 g/mol. The van der Waals surface area contributed by atoms with Gasteiger partial charge in [0.05, 0.1) is 0 Å². The fourth-order valence-corrected chi connectivity index (χ4v) is 3.13. The van der Waals surface area contributed by atoms with Crippen LogP contribution in [0.5, 0.6) is 0 Å². The minimum atomic E-state index is 0.285. The van der Waals surface area contributed by atoms with Crippen LogP contribution in [0.1, 0.15) is 81.8 Å². The zero-order valence-electron chi connectivity index (χ0n) is 24.6. The molecule has 0 N–H and O–H groups in total. The number of hydrogen-bond donors (Lipinski definition) is 0. The van der Waals surface area contributed by atoms with E-state index in [0.29, 0.717) is 0 Å². The van der Waals surface area contributed by atoms with Crippen molar-refractivity contribution >= 4 is 0 Å². The minimum Gasteiger partial charge on any atom is -0.0683 e. The summed E-state index contributed by atoms with van der Waals surface area (Å²) in [5, 5.41) is 0. The molecule has 0 nitrogen and oxygen atoms in total. The molecule has 0 spiro atoms. The van der Waals surface area contributed by atoms with Gasteiger partial charge in [-0.15, -0.1) is 0 Å². The zero-order valence-corrected chi connectivity index (χ0v) is 24.6. The van der Waals surface area contributed by atoms with Crippen LogP contribution in [0.15, 0.2) is 109 Å². The Bertz CT molecular complexity index is 1000. The Labute approximate surface area is 223 Å². The first-order valence-corrected chi connectivity index (χ1v) is 13.4. The standard InChI is InChI=1S/C14H14.C11H16.C7H8.2C2H6/c1-12-7-9-14(10-8-12)11-13-5-3-2-4-6-13;1-9-5-7-10(8-6-9)11(2,3)4;1-7-5-3-2-4-6-7;2*1-2/h2-10H,11H2,1H3;5-8H,1-4H3;2-6H,1H3;2*1-2H3. The van der Waals surface area contributed by atoms with Crippen molar-refractivity contribution in [2.45, 2.75) is 81.1 Å². The molecule has 0 heteroatoms. The summed E-state index contributed by atoms with van der Waals surface area (Å²) in [5.74, 6) is 0. The van der Waals surface area contributed by atoms with Crippen LogP contribution < -0.4 is 0 Å². The van der Waals surface area contributed by atoms with Gasteiger partial charge >= 0.3 is 0 Å². The van der Waals surface area contributed by atoms with Crippen molar-refractivity contribution in [2.75, 3.05) is 0 Å². The van der Waals surface area contributed by atoms with Crippen molar-refractivity contribution in [3.8, 4) is 0 Å². The summed E-state index contributed by atoms with van der Waals surface area (Å²) in [6.45, 7) is 21.0. The van der Waals surface area contributed by atoms with Gasteiger partial charge in [-0.3, -0.25) is 0 Å². The van der Waals surface area contributed by atoms with Gasteiger partial charge in [0.1, 0.15) is 0 Å². The van der Waals surface area contributed by atoms with Crippen LogP contribution >= 0.6 is 0 Å². The molecule has 0 atom stereocenters. The van der Waals surface area contributed by atoms with Crippen molar-refractivity contribution in [3.05, 3.63) is 143 Å². The first-order chi connectivity index (χ1) is 17.2. The molecular weight excluding hydrogens is 432 g/mol. The normalized spacial score (nSPS) is 9.50. The maximum atomic E-state index is 2.23. The van der Waals surface area contributed by atoms with Crippen molar-refractivity contribution in [1.29, 1.82) is 0 Å². The molecule has 0 saturated heterocycles. The van der Waals surface area contributed by atoms with Crippen molar-refractivity contribution < 1.29 is 0 Å². The zero-order chi connectivity index (χ0) is 27.4. The lowest BCUT2D eigenvalue weighted by Gasteiger charge is -2.18. The number of aryl methyl sites for hydroxylation is 3. The lowest BCUT2D eigenvalue weighted by atomic mass is 9.87. The molecule has 0 radical (unpaired) electrons. The maximum absolute atomic E-state index is 2.23. The van der Waals surface area contributed by atoms with Crippen LogP contribution in [0.3, 0.4) is 0 Å². The van der Waals surface area contributed by atoms with Gasteiger partial charge in [0.2, 0.25) is 0 Å². The molecule has 0 aliphatic heterocycles. The van der Waals surface area contributed by atoms with Gasteiger partial charge in [-0.25, -0.2) is 0 Å². The average molecular weight is 483 g/mol. The Hall–Kier alpha value is -3.12. The molecule has 4 aromatic rings. The van der Waals surface area contributed by atoms with Crippen LogP contribution in [0.25, 0.3) is 0 Å². The second kappa shape index (κ2) is 19.1. The summed E-state index contributed by atoms with van der Waals surface area (Å²) >= 11 is 0. The van der Waals surface area contributed by atoms with Gasteiger partial charge in [-0.05, 0) is 49.3 Å². The Morgan fingerprint density at radius 2 is 0.750 bits per heavy atom. The molecule has 4 rings (SSSR count). The lowest BCUT2D eigenvalue weighted by molar-refractivity contribution is 0.590. The number of benzene rings is 4. The molecular formula is C36H50. The van der Waals surface area contributed by atoms with Gasteiger partial charge in [0.25, 0.3) is 0 Å². The smallest absolute Gasteiger partial charge is 0.00258 e. The summed E-state index contributed by atoms with van der Waals surface area (Å²) in [4.78, 5) is 0. The summed E-state index contributed by atoms with van der Waals surface area (Å²) in [7, 11) is 0. The first kappa shape index (κ1) is 32.9. The highest BCUT2D eigenvalue weighted by molar-refractivity contribution is 5.28. The first-order valence-electron chi connectivity index (χ1n) is 13.4. The SMILES string of the molecule is CC.CC.Cc1ccc(C(C)(C)C)cc1.Cc1ccc(Cc2ccccc2)cc1.Cc1ccccc1. The second-order valence-corrected chi connectivity index (χ2v) is 9.42. The van der Waals surface area contributed by atoms with E-state index in [-0.39, 0.29) is 5.41 Å². The Morgan fingerprint density at radius 3 is 1.11 bits per heavy atom. The van der Waals surface area contributed by atoms with E-state index in [0.717, 1.165) is 6.42 Å². The van der Waals surface area contributed by atoms with Crippen LogP contribution in [0.4, 0.5) is 0 Å². The molecule has 4 aromatic carbocycles. The highest BCUT2D eigenvalue weighted by atomic mass is 14.2. The second-order valence-electron chi connectivity index (χ2n) is 9.42. The third-order valence-electron chi connectivity index (χ3n) is 5.23. The third kappa shape index (κ3) is 15.0. The van der Waals surface area contributed by atoms with Gasteiger partial charge < -0.3 is 0 Å². The molecule has 0 heterocycles. The molecule has 0 aromatic heterocycles. The predicted molar refractivity (Wildman–Crippen MR) is 164 cm³/mol. The van der Waals surface area contributed by atoms with Crippen LogP contribution in [-0.2, 0) is 11.8 Å². The average Bonchev–Trinajstić information content (AvgIpc) is 2.89. The predicted octanol–water partition coefficient (Wildman–Crippen LogP) is 10.9. The molecule has 0 saturated carbocycles. The van der Waals surface area contributed by atoms with Gasteiger partial charge in [-0.2, -0.15) is 0 Å². The van der Waals surface area contributed by atoms with E-state index in [2.05, 4.69) is 133 Å². The summed E-state index contributed by atoms with van der Waals surface area (Å²) < 4.78 is 0. The van der Waals surface area contributed by atoms with E-state index in [1.54, 1.807) is 0 Å². The highest BCUT2D eigenvalue weighted by Crippen LogP contribution is 2.21. The molecule has 36 heavy (non-hydrogen) atoms.